The van der Waals surface area contributed by atoms with Gasteiger partial charge in [0.05, 0.1) is 5.60 Å². The van der Waals surface area contributed by atoms with Gasteiger partial charge in [0.2, 0.25) is 5.95 Å². The molecule has 17 heavy (non-hydrogen) atoms. The number of hydrogen-bond acceptors (Lipinski definition) is 6. The van der Waals surface area contributed by atoms with Crippen LogP contribution in [0.3, 0.4) is 0 Å². The topological polar surface area (TPSA) is 76.3 Å². The average Bonchev–Trinajstić information content (AvgIpc) is 2.39. The van der Waals surface area contributed by atoms with E-state index in [-0.39, 0.29) is 5.60 Å². The SMILES string of the molecule is COC1(C)CCCN(c2ccnc(NN)n2)C1. The fraction of sp³-hybridized carbons (Fsp3) is 0.636. The molecule has 1 saturated heterocycles. The predicted molar refractivity (Wildman–Crippen MR) is 66.7 cm³/mol. The summed E-state index contributed by atoms with van der Waals surface area (Å²) in [4.78, 5) is 10.5. The second kappa shape index (κ2) is 4.85. The third-order valence-corrected chi connectivity index (χ3v) is 3.25. The van der Waals surface area contributed by atoms with E-state index in [1.54, 1.807) is 13.3 Å². The number of nitrogens with two attached hydrogens (primary N) is 1. The van der Waals surface area contributed by atoms with Gasteiger partial charge in [0.25, 0.3) is 0 Å². The number of nitrogen functional groups attached to an aromatic ring is 1. The summed E-state index contributed by atoms with van der Waals surface area (Å²) in [6, 6.07) is 1.89. The molecule has 94 valence electrons. The van der Waals surface area contributed by atoms with Crippen molar-refractivity contribution in [1.29, 1.82) is 0 Å². The monoisotopic (exact) mass is 237 g/mol. The standard InChI is InChI=1S/C11H19N5O/c1-11(17-2)5-3-7-16(8-11)9-4-6-13-10(14-9)15-12/h4,6H,3,5,7-8,12H2,1-2H3,(H,13,14,15). The lowest BCUT2D eigenvalue weighted by Gasteiger charge is -2.40. The first-order valence-corrected chi connectivity index (χ1v) is 5.77. The van der Waals surface area contributed by atoms with Gasteiger partial charge in [-0.05, 0) is 25.8 Å². The van der Waals surface area contributed by atoms with E-state index in [0.717, 1.165) is 31.7 Å². The maximum atomic E-state index is 5.56. The van der Waals surface area contributed by atoms with Gasteiger partial charge in [-0.15, -0.1) is 0 Å². The van der Waals surface area contributed by atoms with Crippen molar-refractivity contribution in [3.05, 3.63) is 12.3 Å². The molecule has 1 aromatic rings. The molecule has 1 aliphatic heterocycles. The molecule has 0 aliphatic carbocycles. The Kier molecular flexibility index (Phi) is 3.44. The van der Waals surface area contributed by atoms with Gasteiger partial charge in [-0.1, -0.05) is 0 Å². The summed E-state index contributed by atoms with van der Waals surface area (Å²) in [7, 11) is 1.76. The molecular formula is C11H19N5O. The first kappa shape index (κ1) is 12.1. The van der Waals surface area contributed by atoms with Gasteiger partial charge in [-0.2, -0.15) is 4.98 Å². The van der Waals surface area contributed by atoms with Crippen LogP contribution in [0.1, 0.15) is 19.8 Å². The van der Waals surface area contributed by atoms with Gasteiger partial charge < -0.3 is 9.64 Å². The quantitative estimate of drug-likeness (QED) is 0.597. The molecule has 0 saturated carbocycles. The molecule has 0 amide bonds. The van der Waals surface area contributed by atoms with Crippen LogP contribution in [0.15, 0.2) is 12.3 Å². The first-order valence-electron chi connectivity index (χ1n) is 5.77. The maximum absolute atomic E-state index is 5.56. The van der Waals surface area contributed by atoms with Gasteiger partial charge in [0.1, 0.15) is 5.82 Å². The first-order chi connectivity index (χ1) is 8.17. The van der Waals surface area contributed by atoms with Crippen molar-refractivity contribution < 1.29 is 4.74 Å². The van der Waals surface area contributed by atoms with Crippen LogP contribution in [0.25, 0.3) is 0 Å². The Morgan fingerprint density at radius 1 is 1.59 bits per heavy atom. The lowest BCUT2D eigenvalue weighted by Crippen LogP contribution is -2.47. The molecule has 6 heteroatoms. The Morgan fingerprint density at radius 2 is 2.41 bits per heavy atom. The molecule has 0 radical (unpaired) electrons. The van der Waals surface area contributed by atoms with E-state index in [2.05, 4.69) is 27.2 Å². The summed E-state index contributed by atoms with van der Waals surface area (Å²) >= 11 is 0. The highest BCUT2D eigenvalue weighted by atomic mass is 16.5. The third kappa shape index (κ3) is 2.65. The molecule has 3 N–H and O–H groups in total. The van der Waals surface area contributed by atoms with Crippen molar-refractivity contribution in [3.63, 3.8) is 0 Å². The molecule has 1 atom stereocenters. The van der Waals surface area contributed by atoms with Crippen LogP contribution < -0.4 is 16.2 Å². The van der Waals surface area contributed by atoms with Crippen LogP contribution in [0, 0.1) is 0 Å². The zero-order valence-electron chi connectivity index (χ0n) is 10.3. The van der Waals surface area contributed by atoms with Crippen molar-refractivity contribution in [2.75, 3.05) is 30.5 Å². The zero-order chi connectivity index (χ0) is 12.3. The number of nitrogens with zero attached hydrogens (tertiary/aromatic N) is 3. The molecule has 1 unspecified atom stereocenters. The van der Waals surface area contributed by atoms with E-state index in [1.165, 1.54) is 0 Å². The number of anilines is 2. The van der Waals surface area contributed by atoms with Gasteiger partial charge in [0.15, 0.2) is 0 Å². The van der Waals surface area contributed by atoms with Gasteiger partial charge in [-0.3, -0.25) is 5.43 Å². The summed E-state index contributed by atoms with van der Waals surface area (Å²) in [5.41, 5.74) is 2.36. The Balaban J connectivity index is 2.16. The van der Waals surface area contributed by atoms with Crippen LogP contribution in [-0.2, 0) is 4.74 Å². The van der Waals surface area contributed by atoms with E-state index in [1.807, 2.05) is 6.07 Å². The molecule has 6 nitrogen and oxygen atoms in total. The van der Waals surface area contributed by atoms with Gasteiger partial charge in [0, 0.05) is 26.4 Å². The minimum absolute atomic E-state index is 0.0977. The van der Waals surface area contributed by atoms with Gasteiger partial charge in [-0.25, -0.2) is 10.8 Å². The third-order valence-electron chi connectivity index (χ3n) is 3.25. The lowest BCUT2D eigenvalue weighted by molar-refractivity contribution is -0.00481. The summed E-state index contributed by atoms with van der Waals surface area (Å²) in [6.45, 7) is 3.95. The summed E-state index contributed by atoms with van der Waals surface area (Å²) in [5.74, 6) is 6.63. The highest BCUT2D eigenvalue weighted by Gasteiger charge is 2.31. The highest BCUT2D eigenvalue weighted by Crippen LogP contribution is 2.26. The van der Waals surface area contributed by atoms with E-state index in [0.29, 0.717) is 5.95 Å². The van der Waals surface area contributed by atoms with Crippen LogP contribution >= 0.6 is 0 Å². The summed E-state index contributed by atoms with van der Waals surface area (Å²) in [5, 5.41) is 0. The predicted octanol–water partition coefficient (Wildman–Crippen LogP) is 0.767. The average molecular weight is 237 g/mol. The Hall–Kier alpha value is -1.40. The number of nitrogens with one attached hydrogen (secondary N) is 1. The molecule has 1 aliphatic rings. The minimum Gasteiger partial charge on any atom is -0.377 e. The molecule has 1 fully saturated rings. The molecular weight excluding hydrogens is 218 g/mol. The molecule has 2 heterocycles. The van der Waals surface area contributed by atoms with Crippen LogP contribution in [0.2, 0.25) is 0 Å². The van der Waals surface area contributed by atoms with Crippen molar-refractivity contribution >= 4 is 11.8 Å². The molecule has 0 aromatic carbocycles. The smallest absolute Gasteiger partial charge is 0.239 e. The second-order valence-corrected chi connectivity index (χ2v) is 4.56. The Bertz CT molecular complexity index is 386. The second-order valence-electron chi connectivity index (χ2n) is 4.56. The number of methoxy groups -OCH3 is 1. The maximum Gasteiger partial charge on any atom is 0.239 e. The van der Waals surface area contributed by atoms with E-state index >= 15 is 0 Å². The van der Waals surface area contributed by atoms with Crippen molar-refractivity contribution in [3.8, 4) is 0 Å². The zero-order valence-corrected chi connectivity index (χ0v) is 10.3. The molecule has 0 bridgehead atoms. The number of aromatic nitrogens is 2. The van der Waals surface area contributed by atoms with Gasteiger partial charge >= 0.3 is 0 Å². The van der Waals surface area contributed by atoms with Crippen molar-refractivity contribution in [1.82, 2.24) is 9.97 Å². The lowest BCUT2D eigenvalue weighted by atomic mass is 9.95. The number of piperidine rings is 1. The number of ether oxygens (including phenoxy) is 1. The Labute approximate surface area is 101 Å². The largest absolute Gasteiger partial charge is 0.377 e. The number of hydrogen-bond donors (Lipinski definition) is 2. The van der Waals surface area contributed by atoms with Crippen LogP contribution in [-0.4, -0.2) is 35.8 Å². The fourth-order valence-electron chi connectivity index (χ4n) is 2.16. The van der Waals surface area contributed by atoms with E-state index in [4.69, 9.17) is 10.6 Å². The number of rotatable bonds is 3. The summed E-state index contributed by atoms with van der Waals surface area (Å²) in [6.07, 6.45) is 3.88. The van der Waals surface area contributed by atoms with Crippen LogP contribution in [0.5, 0.6) is 0 Å². The van der Waals surface area contributed by atoms with E-state index < -0.39 is 0 Å². The number of hydrazine groups is 1. The normalized spacial score (nSPS) is 24.8. The molecule has 1 aromatic heterocycles. The van der Waals surface area contributed by atoms with Crippen molar-refractivity contribution in [2.45, 2.75) is 25.4 Å². The fourth-order valence-corrected chi connectivity index (χ4v) is 2.16. The van der Waals surface area contributed by atoms with Crippen molar-refractivity contribution in [2.24, 2.45) is 5.84 Å². The van der Waals surface area contributed by atoms with E-state index in [9.17, 15) is 0 Å². The highest BCUT2D eigenvalue weighted by molar-refractivity contribution is 5.43. The molecule has 2 rings (SSSR count). The Morgan fingerprint density at radius 3 is 3.12 bits per heavy atom. The van der Waals surface area contributed by atoms with Crippen LogP contribution in [0.4, 0.5) is 11.8 Å². The minimum atomic E-state index is -0.0977. The molecule has 0 spiro atoms. The summed E-state index contributed by atoms with van der Waals surface area (Å²) < 4.78 is 5.56.